The van der Waals surface area contributed by atoms with E-state index in [1.54, 1.807) is 4.68 Å². The summed E-state index contributed by atoms with van der Waals surface area (Å²) < 4.78 is 12.9. The lowest BCUT2D eigenvalue weighted by molar-refractivity contribution is -0.121. The molecule has 1 aromatic carbocycles. The van der Waals surface area contributed by atoms with Crippen molar-refractivity contribution in [1.82, 2.24) is 15.1 Å². The fourth-order valence-electron chi connectivity index (χ4n) is 2.30. The van der Waals surface area contributed by atoms with E-state index in [4.69, 9.17) is 9.47 Å². The summed E-state index contributed by atoms with van der Waals surface area (Å²) in [6.45, 7) is 7.99. The quantitative estimate of drug-likeness (QED) is 0.767. The van der Waals surface area contributed by atoms with Gasteiger partial charge in [0.15, 0.2) is 11.5 Å². The molecule has 1 N–H and O–H groups in total. The Kier molecular flexibility index (Phi) is 6.66. The van der Waals surface area contributed by atoms with Gasteiger partial charge < -0.3 is 14.8 Å². The summed E-state index contributed by atoms with van der Waals surface area (Å²) in [6.07, 6.45) is 2.28. The first-order chi connectivity index (χ1) is 11.6. The van der Waals surface area contributed by atoms with Crippen LogP contribution in [0.3, 0.4) is 0 Å². The molecule has 6 nitrogen and oxygen atoms in total. The van der Waals surface area contributed by atoms with Gasteiger partial charge in [-0.3, -0.25) is 9.48 Å². The molecule has 24 heavy (non-hydrogen) atoms. The van der Waals surface area contributed by atoms with Crippen molar-refractivity contribution in [2.24, 2.45) is 0 Å². The van der Waals surface area contributed by atoms with Crippen LogP contribution in [0.15, 0.2) is 30.5 Å². The minimum absolute atomic E-state index is 0.00463. The maximum absolute atomic E-state index is 12.0. The molecular weight excluding hydrogens is 306 g/mol. The Morgan fingerprint density at radius 3 is 2.58 bits per heavy atom. The Bertz CT molecular complexity index is 667. The molecular formula is C18H25N3O3. The molecule has 2 aromatic rings. The number of aryl methyl sites for hydroxylation is 2. The number of aromatic nitrogens is 2. The first-order valence-electron chi connectivity index (χ1n) is 8.27. The van der Waals surface area contributed by atoms with Crippen molar-refractivity contribution in [1.29, 1.82) is 0 Å². The molecule has 0 spiro atoms. The van der Waals surface area contributed by atoms with E-state index in [1.807, 2.05) is 51.2 Å². The zero-order valence-corrected chi connectivity index (χ0v) is 14.5. The predicted octanol–water partition coefficient (Wildman–Crippen LogP) is 2.70. The van der Waals surface area contributed by atoms with Crippen molar-refractivity contribution in [3.8, 4) is 11.5 Å². The molecule has 0 fully saturated rings. The number of amides is 1. The van der Waals surface area contributed by atoms with Crippen LogP contribution < -0.4 is 14.8 Å². The first-order valence-corrected chi connectivity index (χ1v) is 8.27. The molecule has 0 aliphatic heterocycles. The van der Waals surface area contributed by atoms with Gasteiger partial charge >= 0.3 is 0 Å². The van der Waals surface area contributed by atoms with Crippen LogP contribution in [0.5, 0.6) is 11.5 Å². The van der Waals surface area contributed by atoms with Gasteiger partial charge in [0.05, 0.1) is 18.9 Å². The van der Waals surface area contributed by atoms with Crippen LogP contribution in [-0.4, -0.2) is 28.9 Å². The molecule has 2 rings (SSSR count). The standard InChI is InChI=1S/C18H25N3O3/c1-4-23-16-7-6-15(12-17(16)24-5-2)13-19-18(22)9-11-21-10-8-14(3)20-21/h6-8,10,12H,4-5,9,11,13H2,1-3H3,(H,19,22). The molecule has 0 unspecified atom stereocenters. The highest BCUT2D eigenvalue weighted by molar-refractivity contribution is 5.75. The van der Waals surface area contributed by atoms with Crippen molar-refractivity contribution in [3.63, 3.8) is 0 Å². The predicted molar refractivity (Wildman–Crippen MR) is 92.2 cm³/mol. The third-order valence-electron chi connectivity index (χ3n) is 3.44. The SMILES string of the molecule is CCOc1ccc(CNC(=O)CCn2ccc(C)n2)cc1OCC. The van der Waals surface area contributed by atoms with Gasteiger partial charge in [0.1, 0.15) is 0 Å². The van der Waals surface area contributed by atoms with Crippen molar-refractivity contribution in [2.45, 2.75) is 40.3 Å². The highest BCUT2D eigenvalue weighted by Gasteiger charge is 2.08. The Balaban J connectivity index is 1.86. The van der Waals surface area contributed by atoms with Gasteiger partial charge in [0, 0.05) is 25.7 Å². The second-order valence-corrected chi connectivity index (χ2v) is 5.39. The maximum atomic E-state index is 12.0. The Morgan fingerprint density at radius 1 is 1.17 bits per heavy atom. The van der Waals surface area contributed by atoms with Crippen LogP contribution in [0.4, 0.5) is 0 Å². The van der Waals surface area contributed by atoms with E-state index in [1.165, 1.54) is 0 Å². The number of carbonyl (C=O) groups excluding carboxylic acids is 1. The van der Waals surface area contributed by atoms with Gasteiger partial charge in [0.25, 0.3) is 0 Å². The lowest BCUT2D eigenvalue weighted by atomic mass is 10.2. The van der Waals surface area contributed by atoms with E-state index in [0.29, 0.717) is 38.5 Å². The number of ether oxygens (including phenoxy) is 2. The molecule has 0 aliphatic rings. The molecule has 1 aromatic heterocycles. The summed E-state index contributed by atoms with van der Waals surface area (Å²) in [5.41, 5.74) is 1.93. The molecule has 0 radical (unpaired) electrons. The lowest BCUT2D eigenvalue weighted by Gasteiger charge is -2.13. The molecule has 1 heterocycles. The average molecular weight is 331 g/mol. The summed E-state index contributed by atoms with van der Waals surface area (Å²) in [7, 11) is 0. The lowest BCUT2D eigenvalue weighted by Crippen LogP contribution is -2.24. The monoisotopic (exact) mass is 331 g/mol. The van der Waals surface area contributed by atoms with E-state index >= 15 is 0 Å². The summed E-state index contributed by atoms with van der Waals surface area (Å²) in [5.74, 6) is 1.43. The highest BCUT2D eigenvalue weighted by atomic mass is 16.5. The summed E-state index contributed by atoms with van der Waals surface area (Å²) >= 11 is 0. The van der Waals surface area contributed by atoms with Crippen LogP contribution in [0.1, 0.15) is 31.5 Å². The van der Waals surface area contributed by atoms with Gasteiger partial charge in [-0.2, -0.15) is 5.10 Å². The fourth-order valence-corrected chi connectivity index (χ4v) is 2.30. The third kappa shape index (κ3) is 5.30. The smallest absolute Gasteiger partial charge is 0.222 e. The number of benzene rings is 1. The van der Waals surface area contributed by atoms with Gasteiger partial charge in [-0.05, 0) is 44.5 Å². The van der Waals surface area contributed by atoms with Crippen LogP contribution in [0, 0.1) is 6.92 Å². The minimum atomic E-state index is -0.00463. The summed E-state index contributed by atoms with van der Waals surface area (Å²) in [5, 5.41) is 7.19. The van der Waals surface area contributed by atoms with Crippen LogP contribution in [-0.2, 0) is 17.9 Å². The molecule has 0 aliphatic carbocycles. The average Bonchev–Trinajstić information content (AvgIpc) is 2.99. The molecule has 1 amide bonds. The van der Waals surface area contributed by atoms with Gasteiger partial charge in [-0.15, -0.1) is 0 Å². The van der Waals surface area contributed by atoms with Gasteiger partial charge in [-0.1, -0.05) is 6.07 Å². The van der Waals surface area contributed by atoms with Crippen molar-refractivity contribution in [3.05, 3.63) is 41.7 Å². The zero-order valence-electron chi connectivity index (χ0n) is 14.5. The summed E-state index contributed by atoms with van der Waals surface area (Å²) in [4.78, 5) is 12.0. The third-order valence-corrected chi connectivity index (χ3v) is 3.44. The largest absolute Gasteiger partial charge is 0.490 e. The molecule has 6 heteroatoms. The second kappa shape index (κ2) is 8.96. The highest BCUT2D eigenvalue weighted by Crippen LogP contribution is 2.28. The number of nitrogens with one attached hydrogen (secondary N) is 1. The van der Waals surface area contributed by atoms with E-state index < -0.39 is 0 Å². The van der Waals surface area contributed by atoms with E-state index in [0.717, 1.165) is 17.0 Å². The topological polar surface area (TPSA) is 65.4 Å². The van der Waals surface area contributed by atoms with Crippen molar-refractivity contribution < 1.29 is 14.3 Å². The van der Waals surface area contributed by atoms with E-state index in [9.17, 15) is 4.79 Å². The van der Waals surface area contributed by atoms with E-state index in [2.05, 4.69) is 10.4 Å². The number of nitrogens with zero attached hydrogens (tertiary/aromatic N) is 2. The fraction of sp³-hybridized carbons (Fsp3) is 0.444. The van der Waals surface area contributed by atoms with Crippen LogP contribution in [0.2, 0.25) is 0 Å². The van der Waals surface area contributed by atoms with Crippen molar-refractivity contribution in [2.75, 3.05) is 13.2 Å². The van der Waals surface area contributed by atoms with Gasteiger partial charge in [-0.25, -0.2) is 0 Å². The zero-order chi connectivity index (χ0) is 17.4. The van der Waals surface area contributed by atoms with Crippen molar-refractivity contribution >= 4 is 5.91 Å². The Hall–Kier alpha value is -2.50. The van der Waals surface area contributed by atoms with Crippen LogP contribution >= 0.6 is 0 Å². The molecule has 0 saturated carbocycles. The van der Waals surface area contributed by atoms with Gasteiger partial charge in [0.2, 0.25) is 5.91 Å². The normalized spacial score (nSPS) is 10.5. The minimum Gasteiger partial charge on any atom is -0.490 e. The second-order valence-electron chi connectivity index (χ2n) is 5.39. The number of carbonyl (C=O) groups is 1. The number of hydrogen-bond donors (Lipinski definition) is 1. The molecule has 0 atom stereocenters. The Labute approximate surface area is 142 Å². The van der Waals surface area contributed by atoms with Crippen LogP contribution in [0.25, 0.3) is 0 Å². The number of rotatable bonds is 9. The molecule has 0 bridgehead atoms. The maximum Gasteiger partial charge on any atom is 0.222 e. The first kappa shape index (κ1) is 17.8. The van der Waals surface area contributed by atoms with E-state index in [-0.39, 0.29) is 5.91 Å². The summed E-state index contributed by atoms with van der Waals surface area (Å²) in [6, 6.07) is 7.64. The number of hydrogen-bond acceptors (Lipinski definition) is 4. The molecule has 130 valence electrons. The Morgan fingerprint density at radius 2 is 1.92 bits per heavy atom. The molecule has 0 saturated heterocycles.